The number of rotatable bonds is 2. The molecule has 2 nitrogen and oxygen atoms in total. The summed E-state index contributed by atoms with van der Waals surface area (Å²) in [6.07, 6.45) is 3.52. The van der Waals surface area contributed by atoms with Crippen LogP contribution < -0.4 is 0 Å². The summed E-state index contributed by atoms with van der Waals surface area (Å²) in [5, 5.41) is 2.78. The number of fused-ring (bicyclic) bond motifs is 6. The molecule has 1 fully saturated rings. The molecule has 0 spiro atoms. The van der Waals surface area contributed by atoms with Crippen molar-refractivity contribution >= 4 is 45.9 Å². The first kappa shape index (κ1) is 17.4. The molecular weight excluding hydrogens is 375 g/mol. The predicted octanol–water partition coefficient (Wildman–Crippen LogP) is 6.58. The zero-order chi connectivity index (χ0) is 18.7. The Morgan fingerprint density at radius 3 is 2.81 bits per heavy atom. The minimum absolute atomic E-state index is 0.659. The summed E-state index contributed by atoms with van der Waals surface area (Å²) in [5.74, 6) is 0.659. The molecule has 2 bridgehead atoms. The van der Waals surface area contributed by atoms with Crippen LogP contribution in [-0.4, -0.2) is 22.6 Å². The quantitative estimate of drug-likeness (QED) is 0.474. The molecule has 1 saturated heterocycles. The maximum atomic E-state index is 6.46. The second kappa shape index (κ2) is 6.41. The number of nitrogens with zero attached hydrogens (tertiary/aromatic N) is 2. The fraction of sp³-hybridized carbons (Fsp3) is 0.304. The van der Waals surface area contributed by atoms with Crippen LogP contribution in [0, 0.1) is 6.92 Å². The Morgan fingerprint density at radius 1 is 1.15 bits per heavy atom. The van der Waals surface area contributed by atoms with Crippen LogP contribution >= 0.6 is 23.2 Å². The zero-order valence-corrected chi connectivity index (χ0v) is 17.1. The van der Waals surface area contributed by atoms with Crippen molar-refractivity contribution in [1.29, 1.82) is 0 Å². The largest absolute Gasteiger partial charge is 0.318 e. The molecule has 2 aromatic carbocycles. The fourth-order valence-corrected chi connectivity index (χ4v) is 5.32. The van der Waals surface area contributed by atoms with E-state index in [0.717, 1.165) is 17.7 Å². The Balaban J connectivity index is 1.73. The molecule has 27 heavy (non-hydrogen) atoms. The molecule has 0 amide bonds. The molecule has 138 valence electrons. The molecule has 2 aliphatic rings. The first-order valence-electron chi connectivity index (χ1n) is 9.51. The highest BCUT2D eigenvalue weighted by molar-refractivity contribution is 6.35. The fourth-order valence-electron chi connectivity index (χ4n) is 4.77. The average molecular weight is 397 g/mol. The topological polar surface area (TPSA) is 8.17 Å². The molecular formula is C23H22Cl2N2. The normalized spacial score (nSPS) is 21.7. The highest BCUT2D eigenvalue weighted by Gasteiger charge is 2.35. The molecule has 3 heterocycles. The number of allylic oxidation sites excluding steroid dienone is 1. The van der Waals surface area contributed by atoms with Crippen LogP contribution in [0.5, 0.6) is 0 Å². The van der Waals surface area contributed by atoms with E-state index in [1.807, 2.05) is 18.2 Å². The molecule has 0 radical (unpaired) electrons. The molecule has 2 aliphatic heterocycles. The van der Waals surface area contributed by atoms with Crippen molar-refractivity contribution in [3.63, 3.8) is 0 Å². The number of aromatic nitrogens is 1. The molecule has 2 unspecified atom stereocenters. The van der Waals surface area contributed by atoms with E-state index in [0.29, 0.717) is 16.0 Å². The van der Waals surface area contributed by atoms with Crippen molar-refractivity contribution in [2.24, 2.45) is 0 Å². The van der Waals surface area contributed by atoms with Crippen molar-refractivity contribution in [2.75, 3.05) is 13.1 Å². The maximum Gasteiger partial charge on any atom is 0.0529 e. The van der Waals surface area contributed by atoms with Gasteiger partial charge in [0.2, 0.25) is 0 Å². The van der Waals surface area contributed by atoms with Gasteiger partial charge < -0.3 is 4.57 Å². The minimum Gasteiger partial charge on any atom is -0.318 e. The van der Waals surface area contributed by atoms with Gasteiger partial charge in [-0.3, -0.25) is 4.90 Å². The highest BCUT2D eigenvalue weighted by Crippen LogP contribution is 2.43. The first-order valence-corrected chi connectivity index (χ1v) is 10.3. The Kier molecular flexibility index (Phi) is 4.12. The second-order valence-corrected chi connectivity index (χ2v) is 8.75. The van der Waals surface area contributed by atoms with Crippen molar-refractivity contribution in [1.82, 2.24) is 9.47 Å². The van der Waals surface area contributed by atoms with Crippen molar-refractivity contribution in [3.05, 3.63) is 68.8 Å². The number of halogens is 2. The van der Waals surface area contributed by atoms with E-state index in [1.165, 1.54) is 41.7 Å². The van der Waals surface area contributed by atoms with E-state index in [1.54, 1.807) is 5.56 Å². The van der Waals surface area contributed by atoms with Crippen LogP contribution in [0.2, 0.25) is 10.0 Å². The number of benzene rings is 2. The van der Waals surface area contributed by atoms with Crippen LogP contribution in [0.4, 0.5) is 0 Å². The van der Waals surface area contributed by atoms with Gasteiger partial charge in [0.15, 0.2) is 0 Å². The molecule has 4 heteroatoms. The summed E-state index contributed by atoms with van der Waals surface area (Å²) in [6.45, 7) is 7.74. The van der Waals surface area contributed by atoms with E-state index in [2.05, 4.69) is 47.7 Å². The monoisotopic (exact) mass is 396 g/mol. The summed E-state index contributed by atoms with van der Waals surface area (Å²) in [5.41, 5.74) is 7.79. The smallest absolute Gasteiger partial charge is 0.0529 e. The van der Waals surface area contributed by atoms with E-state index < -0.39 is 0 Å². The van der Waals surface area contributed by atoms with E-state index in [-0.39, 0.29) is 0 Å². The number of hydrogen-bond acceptors (Lipinski definition) is 1. The molecule has 0 N–H and O–H groups in total. The van der Waals surface area contributed by atoms with Crippen LogP contribution in [0.1, 0.15) is 41.6 Å². The van der Waals surface area contributed by atoms with Crippen LogP contribution in [0.3, 0.4) is 0 Å². The molecule has 0 aliphatic carbocycles. The predicted molar refractivity (Wildman–Crippen MR) is 116 cm³/mol. The molecule has 0 saturated carbocycles. The second-order valence-electron chi connectivity index (χ2n) is 7.91. The lowest BCUT2D eigenvalue weighted by Gasteiger charge is -2.24. The highest BCUT2D eigenvalue weighted by atomic mass is 35.5. The van der Waals surface area contributed by atoms with Crippen molar-refractivity contribution in [2.45, 2.75) is 32.7 Å². The van der Waals surface area contributed by atoms with Gasteiger partial charge in [0.1, 0.15) is 0 Å². The molecule has 3 aromatic rings. The summed E-state index contributed by atoms with van der Waals surface area (Å²) in [6, 6.07) is 12.6. The van der Waals surface area contributed by atoms with Gasteiger partial charge in [0.05, 0.1) is 5.52 Å². The summed E-state index contributed by atoms with van der Waals surface area (Å²) < 4.78 is 2.40. The Bertz CT molecular complexity index is 1090. The van der Waals surface area contributed by atoms with Gasteiger partial charge in [-0.05, 0) is 67.8 Å². The van der Waals surface area contributed by atoms with Gasteiger partial charge in [-0.2, -0.15) is 0 Å². The van der Waals surface area contributed by atoms with Gasteiger partial charge >= 0.3 is 0 Å². The van der Waals surface area contributed by atoms with Gasteiger partial charge in [-0.1, -0.05) is 40.9 Å². The lowest BCUT2D eigenvalue weighted by atomic mass is 9.93. The molecule has 1 aromatic heterocycles. The van der Waals surface area contributed by atoms with E-state index in [4.69, 9.17) is 23.2 Å². The zero-order valence-electron chi connectivity index (χ0n) is 15.6. The lowest BCUT2D eigenvalue weighted by molar-refractivity contribution is 0.308. The first-order chi connectivity index (χ1) is 13.0. The van der Waals surface area contributed by atoms with Crippen LogP contribution in [-0.2, 0) is 6.54 Å². The Hall–Kier alpha value is -1.74. The standard InChI is InChI=1S/C23H22Cl2N2/c1-14-3-6-21-19(9-14)23-16-7-8-26(12-16)13-22(23)27(21)11-15(2)18-5-4-17(24)10-20(18)25/h3-6,9-11,16H,7-8,12-13H2,1-2H3. The SMILES string of the molecule is CC(=Cn1c2c(c3cc(C)ccc31)C1CCN(C2)C1)c1ccc(Cl)cc1Cl. The number of aryl methyl sites for hydroxylation is 1. The number of hydrogen-bond donors (Lipinski definition) is 0. The summed E-state index contributed by atoms with van der Waals surface area (Å²) in [7, 11) is 0. The third-order valence-corrected chi connectivity index (χ3v) is 6.58. The van der Waals surface area contributed by atoms with Gasteiger partial charge in [0.25, 0.3) is 0 Å². The molecule has 5 rings (SSSR count). The van der Waals surface area contributed by atoms with Gasteiger partial charge in [-0.15, -0.1) is 0 Å². The summed E-state index contributed by atoms with van der Waals surface area (Å²) >= 11 is 12.5. The Labute approximate surface area is 170 Å². The van der Waals surface area contributed by atoms with E-state index in [9.17, 15) is 0 Å². The Morgan fingerprint density at radius 2 is 2.00 bits per heavy atom. The summed E-state index contributed by atoms with van der Waals surface area (Å²) in [4.78, 5) is 2.58. The molecule has 2 atom stereocenters. The third kappa shape index (κ3) is 2.82. The maximum absolute atomic E-state index is 6.46. The van der Waals surface area contributed by atoms with Gasteiger partial charge in [0, 0.05) is 46.3 Å². The minimum atomic E-state index is 0.659. The third-order valence-electron chi connectivity index (χ3n) is 6.04. The van der Waals surface area contributed by atoms with Crippen molar-refractivity contribution in [3.8, 4) is 0 Å². The van der Waals surface area contributed by atoms with E-state index >= 15 is 0 Å². The van der Waals surface area contributed by atoms with Gasteiger partial charge in [-0.25, -0.2) is 0 Å². The average Bonchev–Trinajstić information content (AvgIpc) is 3.14. The van der Waals surface area contributed by atoms with Crippen LogP contribution in [0.15, 0.2) is 36.4 Å². The van der Waals surface area contributed by atoms with Crippen molar-refractivity contribution < 1.29 is 0 Å². The van der Waals surface area contributed by atoms with Crippen LogP contribution in [0.25, 0.3) is 22.7 Å². The lowest BCUT2D eigenvalue weighted by Crippen LogP contribution is -2.25.